The number of carbonyl (C=O) groups is 1. The predicted octanol–water partition coefficient (Wildman–Crippen LogP) is 0.768. The molecule has 2 fully saturated rings. The zero-order valence-electron chi connectivity index (χ0n) is 10.7. The topological polar surface area (TPSA) is 59.7 Å². The van der Waals surface area contributed by atoms with E-state index in [1.807, 2.05) is 12.3 Å². The molecule has 2 aromatic rings. The minimum Gasteiger partial charge on any atom is -0.380 e. The summed E-state index contributed by atoms with van der Waals surface area (Å²) in [4.78, 5) is 18.3. The number of fused-ring (bicyclic) bond motifs is 1. The number of ether oxygens (including phenoxy) is 1. The maximum Gasteiger partial charge on any atom is 0.168 e. The predicted molar refractivity (Wildman–Crippen MR) is 68.5 cm³/mol. The molecule has 0 unspecified atom stereocenters. The van der Waals surface area contributed by atoms with Gasteiger partial charge in [0.2, 0.25) is 0 Å². The summed E-state index contributed by atoms with van der Waals surface area (Å²) in [5.74, 6) is 0.903. The van der Waals surface area contributed by atoms with Crippen LogP contribution in [0.3, 0.4) is 0 Å². The molecular formula is C13H14N4O2. The number of hydrogen-bond acceptors (Lipinski definition) is 5. The van der Waals surface area contributed by atoms with Crippen molar-refractivity contribution in [3.05, 3.63) is 24.0 Å². The molecule has 0 saturated carbocycles. The second-order valence-electron chi connectivity index (χ2n) is 5.52. The fraction of sp³-hybridized carbons (Fsp3) is 0.462. The fourth-order valence-electron chi connectivity index (χ4n) is 2.78. The Balaban J connectivity index is 1.68. The lowest BCUT2D eigenvalue weighted by Crippen LogP contribution is -2.66. The standard InChI is InChI=1S/C13H14N4O2/c1-9(18)10-4-14-17-3-2-11(15-12(10)17)16-5-13(6-16)7-19-8-13/h2-4H,5-8H2,1H3. The van der Waals surface area contributed by atoms with E-state index in [0.717, 1.165) is 32.1 Å². The molecule has 2 aliphatic rings. The SMILES string of the molecule is CC(=O)c1cnn2ccc(N3CC4(COC4)C3)nc12. The number of nitrogens with zero attached hydrogens (tertiary/aromatic N) is 4. The molecule has 0 atom stereocenters. The monoisotopic (exact) mass is 258 g/mol. The molecule has 4 rings (SSSR count). The number of rotatable bonds is 2. The van der Waals surface area contributed by atoms with E-state index in [1.54, 1.807) is 10.7 Å². The van der Waals surface area contributed by atoms with Gasteiger partial charge in [-0.15, -0.1) is 0 Å². The van der Waals surface area contributed by atoms with Crippen LogP contribution in [0.2, 0.25) is 0 Å². The highest BCUT2D eigenvalue weighted by Gasteiger charge is 2.49. The van der Waals surface area contributed by atoms with Crippen molar-refractivity contribution in [1.82, 2.24) is 14.6 Å². The van der Waals surface area contributed by atoms with Crippen LogP contribution in [0.5, 0.6) is 0 Å². The summed E-state index contributed by atoms with van der Waals surface area (Å²) in [6, 6.07) is 1.94. The van der Waals surface area contributed by atoms with Crippen molar-refractivity contribution < 1.29 is 9.53 Å². The van der Waals surface area contributed by atoms with E-state index in [0.29, 0.717) is 16.6 Å². The lowest BCUT2D eigenvalue weighted by atomic mass is 9.78. The summed E-state index contributed by atoms with van der Waals surface area (Å²) >= 11 is 0. The first-order valence-electron chi connectivity index (χ1n) is 6.35. The maximum absolute atomic E-state index is 11.5. The number of ketones is 1. The largest absolute Gasteiger partial charge is 0.380 e. The second-order valence-corrected chi connectivity index (χ2v) is 5.52. The van der Waals surface area contributed by atoms with Gasteiger partial charge in [0.1, 0.15) is 5.82 Å². The number of hydrogen-bond donors (Lipinski definition) is 0. The molecule has 0 bridgehead atoms. The van der Waals surface area contributed by atoms with Gasteiger partial charge >= 0.3 is 0 Å². The summed E-state index contributed by atoms with van der Waals surface area (Å²) in [6.45, 7) is 5.23. The van der Waals surface area contributed by atoms with Crippen LogP contribution in [0.4, 0.5) is 5.82 Å². The minimum atomic E-state index is -0.00729. The van der Waals surface area contributed by atoms with Crippen LogP contribution in [-0.2, 0) is 4.74 Å². The Labute approximate surface area is 110 Å². The van der Waals surface area contributed by atoms with Crippen LogP contribution < -0.4 is 4.90 Å². The van der Waals surface area contributed by atoms with Gasteiger partial charge in [-0.05, 0) is 13.0 Å². The van der Waals surface area contributed by atoms with Gasteiger partial charge in [-0.3, -0.25) is 4.79 Å². The molecule has 1 spiro atoms. The zero-order chi connectivity index (χ0) is 13.0. The normalized spacial score (nSPS) is 20.4. The molecule has 2 aromatic heterocycles. The van der Waals surface area contributed by atoms with Gasteiger partial charge in [0.25, 0.3) is 0 Å². The van der Waals surface area contributed by atoms with E-state index < -0.39 is 0 Å². The Morgan fingerprint density at radius 3 is 2.84 bits per heavy atom. The first-order valence-corrected chi connectivity index (χ1v) is 6.35. The first-order chi connectivity index (χ1) is 9.17. The van der Waals surface area contributed by atoms with Gasteiger partial charge in [-0.1, -0.05) is 0 Å². The third kappa shape index (κ3) is 1.49. The molecule has 0 radical (unpaired) electrons. The van der Waals surface area contributed by atoms with Gasteiger partial charge in [-0.25, -0.2) is 9.50 Å². The minimum absolute atomic E-state index is 0.00729. The van der Waals surface area contributed by atoms with Crippen molar-refractivity contribution in [3.8, 4) is 0 Å². The van der Waals surface area contributed by atoms with Crippen LogP contribution in [0.1, 0.15) is 17.3 Å². The number of Topliss-reactive ketones (excluding diaryl/α,β-unsaturated/α-hetero) is 1. The Bertz CT molecular complexity index is 666. The highest BCUT2D eigenvalue weighted by atomic mass is 16.5. The highest BCUT2D eigenvalue weighted by molar-refractivity contribution is 5.99. The zero-order valence-corrected chi connectivity index (χ0v) is 10.7. The summed E-state index contributed by atoms with van der Waals surface area (Å²) in [6.07, 6.45) is 3.43. The van der Waals surface area contributed by atoms with Crippen molar-refractivity contribution in [3.63, 3.8) is 0 Å². The average Bonchev–Trinajstić information content (AvgIpc) is 2.68. The summed E-state index contributed by atoms with van der Waals surface area (Å²) < 4.78 is 6.91. The fourth-order valence-corrected chi connectivity index (χ4v) is 2.78. The maximum atomic E-state index is 11.5. The first kappa shape index (κ1) is 10.9. The molecule has 6 heteroatoms. The summed E-state index contributed by atoms with van der Waals surface area (Å²) in [7, 11) is 0. The second kappa shape index (κ2) is 3.54. The van der Waals surface area contributed by atoms with Crippen LogP contribution in [0.25, 0.3) is 5.65 Å². The Hall–Kier alpha value is -1.95. The lowest BCUT2D eigenvalue weighted by molar-refractivity contribution is -0.127. The molecule has 98 valence electrons. The quantitative estimate of drug-likeness (QED) is 0.745. The van der Waals surface area contributed by atoms with Crippen molar-refractivity contribution in [2.24, 2.45) is 5.41 Å². The van der Waals surface area contributed by atoms with Gasteiger partial charge in [0.15, 0.2) is 11.4 Å². The van der Waals surface area contributed by atoms with E-state index in [-0.39, 0.29) is 5.78 Å². The molecule has 0 aliphatic carbocycles. The molecule has 6 nitrogen and oxygen atoms in total. The summed E-state index contributed by atoms with van der Waals surface area (Å²) in [5.41, 5.74) is 1.57. The van der Waals surface area contributed by atoms with E-state index in [2.05, 4.69) is 15.0 Å². The third-order valence-electron chi connectivity index (χ3n) is 3.93. The lowest BCUT2D eigenvalue weighted by Gasteiger charge is -2.55. The highest BCUT2D eigenvalue weighted by Crippen LogP contribution is 2.39. The van der Waals surface area contributed by atoms with Crippen molar-refractivity contribution in [2.75, 3.05) is 31.2 Å². The molecule has 2 saturated heterocycles. The third-order valence-corrected chi connectivity index (χ3v) is 3.93. The molecule has 0 aromatic carbocycles. The summed E-state index contributed by atoms with van der Waals surface area (Å²) in [5, 5.41) is 4.13. The molecule has 4 heterocycles. The number of anilines is 1. The van der Waals surface area contributed by atoms with Crippen LogP contribution in [0.15, 0.2) is 18.5 Å². The molecule has 2 aliphatic heterocycles. The van der Waals surface area contributed by atoms with Gasteiger partial charge in [0, 0.05) is 19.3 Å². The van der Waals surface area contributed by atoms with Crippen LogP contribution in [-0.4, -0.2) is 46.7 Å². The van der Waals surface area contributed by atoms with Crippen molar-refractivity contribution in [1.29, 1.82) is 0 Å². The van der Waals surface area contributed by atoms with Crippen LogP contribution in [0, 0.1) is 5.41 Å². The number of carbonyl (C=O) groups excluding carboxylic acids is 1. The van der Waals surface area contributed by atoms with Gasteiger partial charge in [0.05, 0.1) is 30.4 Å². The average molecular weight is 258 g/mol. The van der Waals surface area contributed by atoms with Gasteiger partial charge in [-0.2, -0.15) is 5.10 Å². The molecule has 0 amide bonds. The molecule has 19 heavy (non-hydrogen) atoms. The Morgan fingerprint density at radius 1 is 1.42 bits per heavy atom. The smallest absolute Gasteiger partial charge is 0.168 e. The Morgan fingerprint density at radius 2 is 2.21 bits per heavy atom. The van der Waals surface area contributed by atoms with Crippen molar-refractivity contribution in [2.45, 2.75) is 6.92 Å². The molecule has 0 N–H and O–H groups in total. The van der Waals surface area contributed by atoms with Crippen molar-refractivity contribution >= 4 is 17.2 Å². The van der Waals surface area contributed by atoms with E-state index in [1.165, 1.54) is 6.92 Å². The van der Waals surface area contributed by atoms with Gasteiger partial charge < -0.3 is 9.64 Å². The Kier molecular flexibility index (Phi) is 2.04. The number of aromatic nitrogens is 3. The van der Waals surface area contributed by atoms with Crippen LogP contribution >= 0.6 is 0 Å². The van der Waals surface area contributed by atoms with E-state index >= 15 is 0 Å². The molecular weight excluding hydrogens is 244 g/mol. The van der Waals surface area contributed by atoms with E-state index in [9.17, 15) is 4.79 Å². The van der Waals surface area contributed by atoms with E-state index in [4.69, 9.17) is 4.74 Å².